The fraction of sp³-hybridized carbons (Fsp3) is 0.484. The molecule has 0 atom stereocenters. The Kier molecular flexibility index (Phi) is 8.93. The third-order valence-corrected chi connectivity index (χ3v) is 7.11. The van der Waals surface area contributed by atoms with Crippen LogP contribution in [0, 0.1) is 12.8 Å². The van der Waals surface area contributed by atoms with Crippen LogP contribution in [0.25, 0.3) is 11.6 Å². The highest BCUT2D eigenvalue weighted by Crippen LogP contribution is 2.31. The summed E-state index contributed by atoms with van der Waals surface area (Å²) in [5.41, 5.74) is 11.1. The normalized spacial score (nSPS) is 18.9. The molecule has 2 aromatic rings. The van der Waals surface area contributed by atoms with E-state index in [4.69, 9.17) is 0 Å². The van der Waals surface area contributed by atoms with Gasteiger partial charge in [-0.1, -0.05) is 74.0 Å². The van der Waals surface area contributed by atoms with Crippen LogP contribution >= 0.6 is 0 Å². The molecule has 0 aromatic heterocycles. The van der Waals surface area contributed by atoms with E-state index >= 15 is 0 Å². The third-order valence-electron chi connectivity index (χ3n) is 7.11. The summed E-state index contributed by atoms with van der Waals surface area (Å²) in [6, 6.07) is 12.5. The summed E-state index contributed by atoms with van der Waals surface area (Å²) in [5.74, 6) is 0.804. The molecule has 1 fully saturated rings. The molecule has 172 valence electrons. The van der Waals surface area contributed by atoms with Gasteiger partial charge in [-0.15, -0.1) is 0 Å². The van der Waals surface area contributed by atoms with E-state index in [1.165, 1.54) is 65.5 Å². The van der Waals surface area contributed by atoms with E-state index in [1.807, 2.05) is 0 Å². The van der Waals surface area contributed by atoms with Crippen LogP contribution in [0.4, 0.5) is 0 Å². The summed E-state index contributed by atoms with van der Waals surface area (Å²) < 4.78 is 0. The second-order valence-electron chi connectivity index (χ2n) is 9.83. The van der Waals surface area contributed by atoms with Gasteiger partial charge >= 0.3 is 0 Å². The number of nitrogens with one attached hydrogen (secondary N) is 1. The van der Waals surface area contributed by atoms with E-state index in [0.717, 1.165) is 30.9 Å². The summed E-state index contributed by atoms with van der Waals surface area (Å²) in [4.78, 5) is 0. The number of aryl methyl sites for hydroxylation is 3. The van der Waals surface area contributed by atoms with Crippen molar-refractivity contribution in [3.63, 3.8) is 0 Å². The maximum absolute atomic E-state index is 4.21. The van der Waals surface area contributed by atoms with Crippen molar-refractivity contribution in [3.05, 3.63) is 81.9 Å². The van der Waals surface area contributed by atoms with E-state index in [9.17, 15) is 0 Å². The molecule has 2 aromatic carbocycles. The summed E-state index contributed by atoms with van der Waals surface area (Å²) in [5, 5.41) is 3.85. The zero-order valence-electron chi connectivity index (χ0n) is 21.1. The minimum atomic E-state index is 0.659. The Morgan fingerprint density at radius 1 is 0.969 bits per heavy atom. The SMILES string of the molecule is C=C(C)c1cc(CC)c(CC2CCC(NCc3cc(C)cc(CC)c3)CC2)cc1/C=C\C. The molecule has 0 spiro atoms. The van der Waals surface area contributed by atoms with Crippen molar-refractivity contribution < 1.29 is 0 Å². The smallest absolute Gasteiger partial charge is 0.0208 e. The molecule has 0 aliphatic heterocycles. The molecule has 1 aliphatic carbocycles. The zero-order valence-corrected chi connectivity index (χ0v) is 21.1. The van der Waals surface area contributed by atoms with Gasteiger partial charge in [0.25, 0.3) is 0 Å². The van der Waals surface area contributed by atoms with Crippen molar-refractivity contribution in [2.45, 2.75) is 92.2 Å². The van der Waals surface area contributed by atoms with Crippen LogP contribution < -0.4 is 5.32 Å². The van der Waals surface area contributed by atoms with Gasteiger partial charge in [0.15, 0.2) is 0 Å². The highest BCUT2D eigenvalue weighted by atomic mass is 14.9. The Bertz CT molecular complexity index is 941. The summed E-state index contributed by atoms with van der Waals surface area (Å²) in [7, 11) is 0. The lowest BCUT2D eigenvalue weighted by Gasteiger charge is -2.30. The van der Waals surface area contributed by atoms with Gasteiger partial charge < -0.3 is 5.32 Å². The second-order valence-corrected chi connectivity index (χ2v) is 9.83. The van der Waals surface area contributed by atoms with Crippen molar-refractivity contribution in [2.75, 3.05) is 0 Å². The molecule has 0 amide bonds. The minimum Gasteiger partial charge on any atom is -0.310 e. The number of allylic oxidation sites excluding steroid dienone is 2. The zero-order chi connectivity index (χ0) is 23.1. The predicted molar refractivity (Wildman–Crippen MR) is 142 cm³/mol. The number of rotatable bonds is 9. The first-order valence-corrected chi connectivity index (χ1v) is 12.7. The lowest BCUT2D eigenvalue weighted by atomic mass is 9.80. The van der Waals surface area contributed by atoms with Gasteiger partial charge in [0.2, 0.25) is 0 Å². The van der Waals surface area contributed by atoms with Crippen LogP contribution in [0.3, 0.4) is 0 Å². The number of benzene rings is 2. The Morgan fingerprint density at radius 3 is 2.31 bits per heavy atom. The molecule has 1 saturated carbocycles. The Labute approximate surface area is 197 Å². The van der Waals surface area contributed by atoms with Crippen LogP contribution in [-0.2, 0) is 25.8 Å². The van der Waals surface area contributed by atoms with Crippen molar-refractivity contribution in [1.82, 2.24) is 5.32 Å². The van der Waals surface area contributed by atoms with Gasteiger partial charge in [-0.2, -0.15) is 0 Å². The summed E-state index contributed by atoms with van der Waals surface area (Å²) in [6.45, 7) is 16.2. The Morgan fingerprint density at radius 2 is 1.69 bits per heavy atom. The van der Waals surface area contributed by atoms with Gasteiger partial charge in [0.1, 0.15) is 0 Å². The first-order valence-electron chi connectivity index (χ1n) is 12.7. The quantitative estimate of drug-likeness (QED) is 0.425. The second kappa shape index (κ2) is 11.7. The van der Waals surface area contributed by atoms with E-state index in [1.54, 1.807) is 5.56 Å². The van der Waals surface area contributed by atoms with Gasteiger partial charge in [-0.3, -0.25) is 0 Å². The van der Waals surface area contributed by atoms with Gasteiger partial charge in [-0.05, 0) is 105 Å². The van der Waals surface area contributed by atoms with Crippen molar-refractivity contribution >= 4 is 11.6 Å². The molecule has 0 heterocycles. The molecule has 0 unspecified atom stereocenters. The van der Waals surface area contributed by atoms with Crippen LogP contribution in [0.5, 0.6) is 0 Å². The highest BCUT2D eigenvalue weighted by Gasteiger charge is 2.22. The lowest BCUT2D eigenvalue weighted by Crippen LogP contribution is -2.33. The summed E-state index contributed by atoms with van der Waals surface area (Å²) in [6.07, 6.45) is 13.1. The maximum Gasteiger partial charge on any atom is 0.0208 e. The van der Waals surface area contributed by atoms with E-state index in [-0.39, 0.29) is 0 Å². The van der Waals surface area contributed by atoms with E-state index in [2.05, 4.69) is 89.0 Å². The van der Waals surface area contributed by atoms with Crippen molar-refractivity contribution in [3.8, 4) is 0 Å². The molecule has 1 nitrogen and oxygen atoms in total. The average molecular weight is 430 g/mol. The first kappa shape index (κ1) is 24.5. The molecule has 0 saturated heterocycles. The van der Waals surface area contributed by atoms with Crippen molar-refractivity contribution in [1.29, 1.82) is 0 Å². The molecule has 32 heavy (non-hydrogen) atoms. The van der Waals surface area contributed by atoms with E-state index < -0.39 is 0 Å². The van der Waals surface area contributed by atoms with Gasteiger partial charge in [0, 0.05) is 12.6 Å². The van der Waals surface area contributed by atoms with Gasteiger partial charge in [-0.25, -0.2) is 0 Å². The van der Waals surface area contributed by atoms with Crippen molar-refractivity contribution in [2.24, 2.45) is 5.92 Å². The van der Waals surface area contributed by atoms with Crippen LogP contribution in [0.15, 0.2) is 43.0 Å². The molecule has 0 bridgehead atoms. The molecular formula is C31H43N. The maximum atomic E-state index is 4.21. The van der Waals surface area contributed by atoms with Crippen LogP contribution in [0.1, 0.15) is 92.3 Å². The topological polar surface area (TPSA) is 12.0 Å². The van der Waals surface area contributed by atoms with Crippen LogP contribution in [0.2, 0.25) is 0 Å². The highest BCUT2D eigenvalue weighted by molar-refractivity contribution is 5.73. The summed E-state index contributed by atoms with van der Waals surface area (Å²) >= 11 is 0. The average Bonchev–Trinajstić information content (AvgIpc) is 2.78. The predicted octanol–water partition coefficient (Wildman–Crippen LogP) is 8.08. The third kappa shape index (κ3) is 6.45. The standard InChI is InChI=1S/C31H43N/c1-7-10-28-19-29(27(9-3)20-31(28)22(4)5)18-25-11-13-30(14-12-25)32-21-26-16-23(6)15-24(8-2)17-26/h7,10,15-17,19-20,25,30,32H,4,8-9,11-14,18,21H2,1-3,5-6H3/b10-7-. The fourth-order valence-electron chi connectivity index (χ4n) is 5.31. The van der Waals surface area contributed by atoms with E-state index in [0.29, 0.717) is 6.04 Å². The molecule has 1 heteroatoms. The Hall–Kier alpha value is -2.12. The first-order chi connectivity index (χ1) is 15.4. The lowest BCUT2D eigenvalue weighted by molar-refractivity contribution is 0.289. The number of hydrogen-bond acceptors (Lipinski definition) is 1. The fourth-order valence-corrected chi connectivity index (χ4v) is 5.31. The molecule has 1 aliphatic rings. The minimum absolute atomic E-state index is 0.659. The number of hydrogen-bond donors (Lipinski definition) is 1. The largest absolute Gasteiger partial charge is 0.310 e. The van der Waals surface area contributed by atoms with Gasteiger partial charge in [0.05, 0.1) is 0 Å². The monoisotopic (exact) mass is 429 g/mol. The molecule has 1 N–H and O–H groups in total. The Balaban J connectivity index is 1.59. The molecular weight excluding hydrogens is 386 g/mol. The van der Waals surface area contributed by atoms with Crippen LogP contribution in [-0.4, -0.2) is 6.04 Å². The molecule has 3 rings (SSSR count). The molecule has 0 radical (unpaired) electrons.